The highest BCUT2D eigenvalue weighted by atomic mass is 35.5. The van der Waals surface area contributed by atoms with E-state index in [2.05, 4.69) is 20.1 Å². The number of aliphatic hydroxyl groups excluding tert-OH is 1. The molecule has 3 heterocycles. The summed E-state index contributed by atoms with van der Waals surface area (Å²) in [6.07, 6.45) is 4.67. The minimum atomic E-state index is -0.887. The van der Waals surface area contributed by atoms with Crippen LogP contribution in [-0.2, 0) is 20.9 Å². The van der Waals surface area contributed by atoms with Crippen LogP contribution in [0.5, 0.6) is 0 Å². The summed E-state index contributed by atoms with van der Waals surface area (Å²) < 4.78 is -1.36. The SMILES string of the molecule is C=CCN(Cc1ccccc1)C(=O)[C@@H]1[C@H]2C(=O)N([C@@H](CO)C(C)C)C(C(=O)N(CC=C)c3ccccc3Cl)C23CC[C@@]1(C)S3. The molecule has 1 N–H and O–H groups in total. The standard InChI is InChI=1S/C35H42ClN3O4S/c1-6-19-37(21-24-13-9-8-10-14-24)31(41)28-29-32(42)39(27(22-40)23(3)4)30(35(29)18-17-34(28,5)44-35)33(43)38(20-7-2)26-16-12-11-15-25(26)36/h6-16,23,27-30,40H,1-2,17-22H2,3-5H3/t27-,28-,29-,30?,34+,35?/m0/s1. The number of para-hydroxylation sites is 1. The number of hydrogen-bond acceptors (Lipinski definition) is 5. The van der Waals surface area contributed by atoms with Gasteiger partial charge in [0, 0.05) is 24.4 Å². The number of hydrogen-bond donors (Lipinski definition) is 1. The molecule has 2 unspecified atom stereocenters. The molecule has 2 aromatic rings. The highest BCUT2D eigenvalue weighted by Crippen LogP contribution is 2.72. The number of thioether (sulfide) groups is 1. The van der Waals surface area contributed by atoms with E-state index in [-0.39, 0.29) is 36.8 Å². The zero-order valence-electron chi connectivity index (χ0n) is 25.7. The number of likely N-dealkylation sites (tertiary alicyclic amines) is 1. The van der Waals surface area contributed by atoms with Gasteiger partial charge in [-0.05, 0) is 43.4 Å². The van der Waals surface area contributed by atoms with Crippen molar-refractivity contribution in [1.29, 1.82) is 0 Å². The molecular weight excluding hydrogens is 594 g/mol. The van der Waals surface area contributed by atoms with E-state index in [1.807, 2.05) is 50.2 Å². The maximum Gasteiger partial charge on any atom is 0.251 e. The number of halogens is 1. The predicted octanol–water partition coefficient (Wildman–Crippen LogP) is 5.57. The smallest absolute Gasteiger partial charge is 0.251 e. The Labute approximate surface area is 269 Å². The number of rotatable bonds is 12. The molecule has 0 aliphatic carbocycles. The predicted molar refractivity (Wildman–Crippen MR) is 177 cm³/mol. The zero-order chi connectivity index (χ0) is 31.8. The number of carbonyl (C=O) groups excluding carboxylic acids is 3. The van der Waals surface area contributed by atoms with E-state index >= 15 is 0 Å². The lowest BCUT2D eigenvalue weighted by Gasteiger charge is -2.40. The fourth-order valence-corrected chi connectivity index (χ4v) is 10.2. The lowest BCUT2D eigenvalue weighted by Crippen LogP contribution is -2.58. The topological polar surface area (TPSA) is 81.2 Å². The second-order valence-electron chi connectivity index (χ2n) is 12.6. The Hall–Kier alpha value is -3.07. The molecule has 0 aromatic heterocycles. The van der Waals surface area contributed by atoms with Crippen LogP contribution in [0.25, 0.3) is 0 Å². The van der Waals surface area contributed by atoms with Crippen molar-refractivity contribution >= 4 is 46.8 Å². The summed E-state index contributed by atoms with van der Waals surface area (Å²) in [6, 6.07) is 15.5. The summed E-state index contributed by atoms with van der Waals surface area (Å²) in [5.41, 5.74) is 1.53. The summed E-state index contributed by atoms with van der Waals surface area (Å²) in [7, 11) is 0. The molecule has 2 aromatic carbocycles. The van der Waals surface area contributed by atoms with E-state index in [0.717, 1.165) is 5.56 Å². The average Bonchev–Trinajstić information content (AvgIpc) is 3.57. The van der Waals surface area contributed by atoms with Crippen LogP contribution in [0, 0.1) is 17.8 Å². The Morgan fingerprint density at radius 1 is 1.07 bits per heavy atom. The maximum absolute atomic E-state index is 14.9. The molecular formula is C35H42ClN3O4S. The Morgan fingerprint density at radius 3 is 2.34 bits per heavy atom. The second-order valence-corrected chi connectivity index (χ2v) is 15.0. The highest BCUT2D eigenvalue weighted by molar-refractivity contribution is 8.02. The number of fused-ring (bicyclic) bond motifs is 1. The highest BCUT2D eigenvalue weighted by Gasteiger charge is 2.78. The van der Waals surface area contributed by atoms with Crippen LogP contribution < -0.4 is 4.90 Å². The van der Waals surface area contributed by atoms with Crippen molar-refractivity contribution in [2.75, 3.05) is 24.6 Å². The fourth-order valence-electron chi connectivity index (χ4n) is 7.64. The molecule has 3 aliphatic rings. The van der Waals surface area contributed by atoms with Gasteiger partial charge in [-0.15, -0.1) is 24.9 Å². The van der Waals surface area contributed by atoms with E-state index in [9.17, 15) is 19.5 Å². The van der Waals surface area contributed by atoms with Gasteiger partial charge in [0.25, 0.3) is 5.91 Å². The summed E-state index contributed by atoms with van der Waals surface area (Å²) in [5.74, 6) is -2.06. The number of aliphatic hydroxyl groups is 1. The lowest BCUT2D eigenvalue weighted by molar-refractivity contribution is -0.147. The van der Waals surface area contributed by atoms with E-state index in [1.165, 1.54) is 0 Å². The third-order valence-electron chi connectivity index (χ3n) is 9.63. The molecule has 6 atom stereocenters. The van der Waals surface area contributed by atoms with Crippen molar-refractivity contribution in [2.45, 2.75) is 61.7 Å². The summed E-state index contributed by atoms with van der Waals surface area (Å²) in [6.45, 7) is 14.4. The Bertz CT molecular complexity index is 1440. The van der Waals surface area contributed by atoms with Gasteiger partial charge in [0.2, 0.25) is 11.8 Å². The van der Waals surface area contributed by atoms with Crippen LogP contribution in [0.4, 0.5) is 5.69 Å². The van der Waals surface area contributed by atoms with Gasteiger partial charge in [-0.25, -0.2) is 0 Å². The van der Waals surface area contributed by atoms with Crippen molar-refractivity contribution in [1.82, 2.24) is 9.80 Å². The fraction of sp³-hybridized carbons (Fsp3) is 0.457. The van der Waals surface area contributed by atoms with Gasteiger partial charge in [-0.1, -0.05) is 80.1 Å². The first-order valence-electron chi connectivity index (χ1n) is 15.3. The van der Waals surface area contributed by atoms with Crippen molar-refractivity contribution < 1.29 is 19.5 Å². The molecule has 3 fully saturated rings. The first-order chi connectivity index (χ1) is 21.0. The molecule has 3 saturated heterocycles. The molecule has 234 valence electrons. The second kappa shape index (κ2) is 12.7. The Kier molecular flexibility index (Phi) is 9.36. The molecule has 5 rings (SSSR count). The minimum Gasteiger partial charge on any atom is -0.394 e. The molecule has 44 heavy (non-hydrogen) atoms. The van der Waals surface area contributed by atoms with E-state index in [1.54, 1.807) is 56.8 Å². The van der Waals surface area contributed by atoms with Crippen molar-refractivity contribution in [3.8, 4) is 0 Å². The van der Waals surface area contributed by atoms with Gasteiger partial charge in [0.1, 0.15) is 6.04 Å². The van der Waals surface area contributed by atoms with Crippen LogP contribution in [-0.4, -0.2) is 73.9 Å². The molecule has 7 nitrogen and oxygen atoms in total. The molecule has 3 amide bonds. The zero-order valence-corrected chi connectivity index (χ0v) is 27.3. The number of nitrogens with zero attached hydrogens (tertiary/aromatic N) is 3. The molecule has 9 heteroatoms. The van der Waals surface area contributed by atoms with Crippen molar-refractivity contribution in [2.24, 2.45) is 17.8 Å². The van der Waals surface area contributed by atoms with E-state index in [0.29, 0.717) is 36.6 Å². The largest absolute Gasteiger partial charge is 0.394 e. The Balaban J connectivity index is 1.61. The van der Waals surface area contributed by atoms with Gasteiger partial charge in [0.15, 0.2) is 0 Å². The quantitative estimate of drug-likeness (QED) is 0.309. The van der Waals surface area contributed by atoms with Crippen LogP contribution in [0.3, 0.4) is 0 Å². The number of carbonyl (C=O) groups is 3. The monoisotopic (exact) mass is 635 g/mol. The summed E-state index contributed by atoms with van der Waals surface area (Å²) in [5, 5.41) is 11.0. The third-order valence-corrected chi connectivity index (χ3v) is 11.9. The van der Waals surface area contributed by atoms with Gasteiger partial charge >= 0.3 is 0 Å². The Morgan fingerprint density at radius 2 is 1.73 bits per heavy atom. The first kappa shape index (κ1) is 32.3. The maximum atomic E-state index is 14.9. The molecule has 0 radical (unpaired) electrons. The lowest BCUT2D eigenvalue weighted by atomic mass is 9.66. The average molecular weight is 636 g/mol. The van der Waals surface area contributed by atoms with Gasteiger partial charge in [-0.2, -0.15) is 0 Å². The molecule has 2 bridgehead atoms. The number of benzene rings is 2. The molecule has 0 saturated carbocycles. The first-order valence-corrected chi connectivity index (χ1v) is 16.5. The summed E-state index contributed by atoms with van der Waals surface area (Å²) in [4.78, 5) is 49.2. The third kappa shape index (κ3) is 5.29. The number of anilines is 1. The van der Waals surface area contributed by atoms with Gasteiger partial charge in [0.05, 0.1) is 39.9 Å². The van der Waals surface area contributed by atoms with Gasteiger partial charge in [-0.3, -0.25) is 14.4 Å². The minimum absolute atomic E-state index is 0.101. The van der Waals surface area contributed by atoms with Crippen LogP contribution in [0.15, 0.2) is 79.9 Å². The van der Waals surface area contributed by atoms with Crippen LogP contribution in [0.2, 0.25) is 5.02 Å². The molecule has 1 spiro atoms. The number of amides is 3. The normalized spacial score (nSPS) is 27.7. The van der Waals surface area contributed by atoms with Gasteiger partial charge < -0.3 is 19.8 Å². The van der Waals surface area contributed by atoms with Crippen molar-refractivity contribution in [3.05, 3.63) is 90.5 Å². The van der Waals surface area contributed by atoms with E-state index in [4.69, 9.17) is 11.6 Å². The van der Waals surface area contributed by atoms with Crippen LogP contribution >= 0.6 is 23.4 Å². The van der Waals surface area contributed by atoms with Crippen molar-refractivity contribution in [3.63, 3.8) is 0 Å². The summed E-state index contributed by atoms with van der Waals surface area (Å²) >= 11 is 8.23. The van der Waals surface area contributed by atoms with E-state index < -0.39 is 33.4 Å². The van der Waals surface area contributed by atoms with Crippen LogP contribution in [0.1, 0.15) is 39.2 Å². The molecule has 3 aliphatic heterocycles.